The number of nitrogens with zero attached hydrogens (tertiary/aromatic N) is 1. The molecule has 3 aliphatic carbocycles. The van der Waals surface area contributed by atoms with E-state index in [0.29, 0.717) is 0 Å². The first kappa shape index (κ1) is 40.9. The van der Waals surface area contributed by atoms with Gasteiger partial charge in [-0.2, -0.15) is 0 Å². The van der Waals surface area contributed by atoms with Gasteiger partial charge in [-0.25, -0.2) is 0 Å². The Morgan fingerprint density at radius 1 is 0.329 bits per heavy atom. The number of para-hydroxylation sites is 1. The Hall–Kier alpha value is -8.76. The topological polar surface area (TPSA) is 12.5 Å². The van der Waals surface area contributed by atoms with Crippen LogP contribution in [0.25, 0.3) is 86.9 Å². The van der Waals surface area contributed by atoms with Crippen molar-refractivity contribution >= 4 is 48.6 Å². The fourth-order valence-corrected chi connectivity index (χ4v) is 14.8. The first-order chi connectivity index (χ1) is 36.0. The van der Waals surface area contributed by atoms with Crippen molar-refractivity contribution in [1.29, 1.82) is 0 Å². The van der Waals surface area contributed by atoms with Crippen LogP contribution in [0, 0.1) is 0 Å². The molecule has 16 rings (SSSR count). The van der Waals surface area contributed by atoms with Gasteiger partial charge in [0.05, 0.1) is 5.41 Å². The molecular weight excluding hydrogens is 903 g/mol. The third-order valence-electron chi connectivity index (χ3n) is 16.7. The molecule has 0 N–H and O–H groups in total. The molecule has 1 atom stereocenters. The van der Waals surface area contributed by atoms with Crippen LogP contribution >= 0.6 is 11.3 Å². The summed E-state index contributed by atoms with van der Waals surface area (Å²) in [5, 5.41) is 2.63. The molecule has 0 saturated heterocycles. The van der Waals surface area contributed by atoms with Crippen molar-refractivity contribution < 1.29 is 4.74 Å². The number of fused-ring (bicyclic) bond motifs is 24. The van der Waals surface area contributed by atoms with Crippen LogP contribution in [0.15, 0.2) is 237 Å². The molecule has 2 nitrogen and oxygen atoms in total. The zero-order valence-corrected chi connectivity index (χ0v) is 41.1. The number of anilines is 3. The van der Waals surface area contributed by atoms with Crippen molar-refractivity contribution in [3.63, 3.8) is 0 Å². The Morgan fingerprint density at radius 3 is 1.53 bits per heavy atom. The molecule has 4 aliphatic rings. The lowest BCUT2D eigenvalue weighted by Crippen LogP contribution is -2.29. The van der Waals surface area contributed by atoms with Gasteiger partial charge in [-0.05, 0) is 138 Å². The highest BCUT2D eigenvalue weighted by molar-refractivity contribution is 7.26. The van der Waals surface area contributed by atoms with Gasteiger partial charge in [0, 0.05) is 59.3 Å². The second kappa shape index (κ2) is 14.9. The largest absolute Gasteiger partial charge is 0.456 e. The SMILES string of the molecule is CC1(C)c2ccccc2-c2ccc(N(c3ccc4c(c3)-c3ccccc3-c3ccccc3O4)c3ccc4c(c3)C3(c5ccccc5-c5ccccc5-4)c4ccccc4-c4c3ccc3c4sc4ccccc43)cc21. The summed E-state index contributed by atoms with van der Waals surface area (Å²) < 4.78 is 9.53. The van der Waals surface area contributed by atoms with E-state index < -0.39 is 5.41 Å². The van der Waals surface area contributed by atoms with E-state index in [0.717, 1.165) is 50.8 Å². The minimum Gasteiger partial charge on any atom is -0.456 e. The van der Waals surface area contributed by atoms with E-state index in [2.05, 4.69) is 255 Å². The van der Waals surface area contributed by atoms with E-state index >= 15 is 0 Å². The predicted octanol–water partition coefficient (Wildman–Crippen LogP) is 19.3. The maximum absolute atomic E-state index is 6.87. The molecule has 1 spiro atoms. The average Bonchev–Trinajstić information content (AvgIpc) is 4.08. The van der Waals surface area contributed by atoms with Crippen molar-refractivity contribution in [2.45, 2.75) is 24.7 Å². The molecule has 0 bridgehead atoms. The smallest absolute Gasteiger partial charge is 0.135 e. The van der Waals surface area contributed by atoms with Crippen molar-refractivity contribution in [2.75, 3.05) is 4.90 Å². The summed E-state index contributed by atoms with van der Waals surface area (Å²) in [5.74, 6) is 1.70. The Morgan fingerprint density at radius 2 is 0.808 bits per heavy atom. The molecular formula is C70H45NOS. The summed E-state index contributed by atoms with van der Waals surface area (Å²) in [7, 11) is 0. The number of hydrogen-bond acceptors (Lipinski definition) is 3. The van der Waals surface area contributed by atoms with Crippen LogP contribution in [0.3, 0.4) is 0 Å². The fourth-order valence-electron chi connectivity index (χ4n) is 13.6. The lowest BCUT2D eigenvalue weighted by Gasteiger charge is -2.36. The highest BCUT2D eigenvalue weighted by Gasteiger charge is 2.51. The van der Waals surface area contributed by atoms with Crippen molar-refractivity contribution in [1.82, 2.24) is 0 Å². The van der Waals surface area contributed by atoms with E-state index in [1.165, 1.54) is 98.1 Å². The van der Waals surface area contributed by atoms with E-state index in [9.17, 15) is 0 Å². The highest BCUT2D eigenvalue weighted by atomic mass is 32.1. The second-order valence-corrected chi connectivity index (χ2v) is 21.7. The van der Waals surface area contributed by atoms with Gasteiger partial charge in [-0.3, -0.25) is 0 Å². The first-order valence-corrected chi connectivity index (χ1v) is 26.2. The maximum Gasteiger partial charge on any atom is 0.135 e. The molecule has 73 heavy (non-hydrogen) atoms. The molecule has 0 saturated carbocycles. The Bertz CT molecular complexity index is 4360. The number of thiophene rings is 1. The van der Waals surface area contributed by atoms with E-state index in [4.69, 9.17) is 4.74 Å². The summed E-state index contributed by atoms with van der Waals surface area (Å²) >= 11 is 1.93. The molecule has 2 heterocycles. The molecule has 12 aromatic rings. The summed E-state index contributed by atoms with van der Waals surface area (Å²) in [5.41, 5.74) is 25.0. The van der Waals surface area contributed by atoms with Gasteiger partial charge in [-0.1, -0.05) is 196 Å². The van der Waals surface area contributed by atoms with Crippen molar-refractivity contribution in [3.8, 4) is 78.3 Å². The van der Waals surface area contributed by atoms with Gasteiger partial charge < -0.3 is 9.64 Å². The van der Waals surface area contributed by atoms with Crippen LogP contribution in [0.4, 0.5) is 17.1 Å². The van der Waals surface area contributed by atoms with E-state index in [1.807, 2.05) is 11.3 Å². The lowest BCUT2D eigenvalue weighted by atomic mass is 9.65. The lowest BCUT2D eigenvalue weighted by molar-refractivity contribution is 0.488. The molecule has 3 heteroatoms. The Labute approximate surface area is 428 Å². The molecule has 11 aromatic carbocycles. The van der Waals surface area contributed by atoms with Crippen LogP contribution in [-0.2, 0) is 10.8 Å². The van der Waals surface area contributed by atoms with Crippen LogP contribution < -0.4 is 9.64 Å². The predicted molar refractivity (Wildman–Crippen MR) is 304 cm³/mol. The molecule has 1 unspecified atom stereocenters. The summed E-state index contributed by atoms with van der Waals surface area (Å²) in [6.07, 6.45) is 0. The third kappa shape index (κ3) is 5.47. The van der Waals surface area contributed by atoms with Gasteiger partial charge >= 0.3 is 0 Å². The van der Waals surface area contributed by atoms with Crippen molar-refractivity contribution in [3.05, 3.63) is 270 Å². The first-order valence-electron chi connectivity index (χ1n) is 25.4. The van der Waals surface area contributed by atoms with Gasteiger partial charge in [0.1, 0.15) is 11.5 Å². The van der Waals surface area contributed by atoms with Crippen LogP contribution in [0.5, 0.6) is 11.5 Å². The highest BCUT2D eigenvalue weighted by Crippen LogP contribution is 2.64. The van der Waals surface area contributed by atoms with Crippen LogP contribution in [-0.4, -0.2) is 0 Å². The van der Waals surface area contributed by atoms with Crippen molar-refractivity contribution in [2.24, 2.45) is 0 Å². The monoisotopic (exact) mass is 947 g/mol. The summed E-state index contributed by atoms with van der Waals surface area (Å²) in [6.45, 7) is 4.76. The van der Waals surface area contributed by atoms with Gasteiger partial charge in [0.2, 0.25) is 0 Å². The van der Waals surface area contributed by atoms with Crippen LogP contribution in [0.2, 0.25) is 0 Å². The number of ether oxygens (including phenoxy) is 1. The normalized spacial score (nSPS) is 15.5. The molecule has 0 radical (unpaired) electrons. The molecule has 1 aromatic heterocycles. The molecule has 0 fully saturated rings. The van der Waals surface area contributed by atoms with E-state index in [-0.39, 0.29) is 5.41 Å². The quantitative estimate of drug-likeness (QED) is 0.175. The Balaban J connectivity index is 1.01. The minimum absolute atomic E-state index is 0.194. The Kier molecular flexibility index (Phi) is 8.35. The number of benzene rings is 11. The molecule has 1 aliphatic heterocycles. The standard InChI is InChI=1S/C70H45NOS/c1-69(2)58-26-12-7-22-50(58)52-35-32-43(40-62(52)69)71(42-33-38-65-57(39-42)48-20-6-5-19-47(48)53-23-10-15-29-64(53)72-65)44-31-34-51-46-18-4-3-17-45(46)49-21-8-13-27-59(49)70(63(51)41-44)60-28-14-9-25-56(60)67-61(70)37-36-55-54-24-11-16-30-66(54)73-68(55)67/h3-41H,1-2H3. The van der Waals surface area contributed by atoms with Crippen LogP contribution in [0.1, 0.15) is 47.2 Å². The van der Waals surface area contributed by atoms with Gasteiger partial charge in [0.15, 0.2) is 0 Å². The second-order valence-electron chi connectivity index (χ2n) is 20.6. The zero-order chi connectivity index (χ0) is 48.2. The summed E-state index contributed by atoms with van der Waals surface area (Å²) in [4.78, 5) is 2.51. The van der Waals surface area contributed by atoms with E-state index in [1.54, 1.807) is 0 Å². The zero-order valence-electron chi connectivity index (χ0n) is 40.3. The average molecular weight is 948 g/mol. The fraction of sp³-hybridized carbons (Fsp3) is 0.0571. The molecule has 0 amide bonds. The van der Waals surface area contributed by atoms with Gasteiger partial charge in [-0.15, -0.1) is 11.3 Å². The number of hydrogen-bond donors (Lipinski definition) is 0. The number of rotatable bonds is 3. The van der Waals surface area contributed by atoms with Gasteiger partial charge in [0.25, 0.3) is 0 Å². The minimum atomic E-state index is -0.670. The maximum atomic E-state index is 6.87. The third-order valence-corrected chi connectivity index (χ3v) is 17.9. The summed E-state index contributed by atoms with van der Waals surface area (Å²) in [6, 6.07) is 88.8. The molecule has 342 valence electrons.